The van der Waals surface area contributed by atoms with Gasteiger partial charge in [-0.2, -0.15) is 10.1 Å². The normalized spacial score (nSPS) is 15.4. The van der Waals surface area contributed by atoms with Gasteiger partial charge in [0, 0.05) is 6.54 Å². The summed E-state index contributed by atoms with van der Waals surface area (Å²) in [6.45, 7) is 0.400. The summed E-state index contributed by atoms with van der Waals surface area (Å²) in [7, 11) is 0. The predicted molar refractivity (Wildman–Crippen MR) is 102 cm³/mol. The Kier molecular flexibility index (Phi) is 5.01. The lowest BCUT2D eigenvalue weighted by Crippen LogP contribution is -2.29. The summed E-state index contributed by atoms with van der Waals surface area (Å²) in [4.78, 5) is 27.8. The zero-order valence-corrected chi connectivity index (χ0v) is 15.0. The first kappa shape index (κ1) is 17.7. The van der Waals surface area contributed by atoms with E-state index < -0.39 is 0 Å². The average molecular weight is 377 g/mol. The van der Waals surface area contributed by atoms with E-state index in [1.807, 2.05) is 42.5 Å². The van der Waals surface area contributed by atoms with Crippen molar-refractivity contribution in [2.45, 2.75) is 19.0 Å². The molecular formula is C20H19N5O3. The highest BCUT2D eigenvalue weighted by atomic mass is 16.5. The summed E-state index contributed by atoms with van der Waals surface area (Å²) >= 11 is 0. The molecule has 1 aromatic heterocycles. The van der Waals surface area contributed by atoms with Crippen LogP contribution >= 0.6 is 0 Å². The van der Waals surface area contributed by atoms with Crippen LogP contribution in [0, 0.1) is 0 Å². The van der Waals surface area contributed by atoms with E-state index in [-0.39, 0.29) is 24.5 Å². The topological polar surface area (TPSA) is 98.1 Å². The largest absolute Gasteiger partial charge is 0.484 e. The molecule has 3 aromatic rings. The van der Waals surface area contributed by atoms with Crippen LogP contribution in [0.5, 0.6) is 5.75 Å². The Bertz CT molecular complexity index is 969. The summed E-state index contributed by atoms with van der Waals surface area (Å²) in [5, 5.41) is 9.69. The van der Waals surface area contributed by atoms with Crippen LogP contribution in [-0.4, -0.2) is 33.2 Å². The van der Waals surface area contributed by atoms with Gasteiger partial charge in [-0.05, 0) is 23.3 Å². The molecule has 1 aliphatic rings. The van der Waals surface area contributed by atoms with Crippen molar-refractivity contribution in [3.05, 3.63) is 72.1 Å². The molecule has 2 amide bonds. The zero-order valence-electron chi connectivity index (χ0n) is 15.0. The van der Waals surface area contributed by atoms with Gasteiger partial charge in [-0.15, -0.1) is 0 Å². The van der Waals surface area contributed by atoms with Gasteiger partial charge in [-0.3, -0.25) is 14.9 Å². The van der Waals surface area contributed by atoms with E-state index in [0.29, 0.717) is 24.7 Å². The maximum absolute atomic E-state index is 11.9. The van der Waals surface area contributed by atoms with Crippen LogP contribution in [0.15, 0.2) is 60.9 Å². The minimum absolute atomic E-state index is 0.0642. The molecule has 0 radical (unpaired) electrons. The number of benzene rings is 2. The van der Waals surface area contributed by atoms with E-state index in [4.69, 9.17) is 4.74 Å². The molecule has 0 bridgehead atoms. The number of rotatable bonds is 6. The Morgan fingerprint density at radius 1 is 1.18 bits per heavy atom. The SMILES string of the molecule is O=C(COc1ccc([C@@H]2CC(=O)Nc3ncnn32)cc1)NCc1ccccc1. The number of amides is 2. The minimum atomic E-state index is -0.213. The third kappa shape index (κ3) is 4.01. The van der Waals surface area contributed by atoms with Gasteiger partial charge >= 0.3 is 0 Å². The fourth-order valence-electron chi connectivity index (χ4n) is 3.05. The zero-order chi connectivity index (χ0) is 19.3. The lowest BCUT2D eigenvalue weighted by Gasteiger charge is -2.23. The van der Waals surface area contributed by atoms with Crippen LogP contribution in [-0.2, 0) is 16.1 Å². The van der Waals surface area contributed by atoms with Gasteiger partial charge in [-0.25, -0.2) is 4.68 Å². The maximum atomic E-state index is 11.9. The molecule has 1 atom stereocenters. The number of hydrogen-bond acceptors (Lipinski definition) is 5. The van der Waals surface area contributed by atoms with Crippen LogP contribution in [0.25, 0.3) is 0 Å². The second kappa shape index (κ2) is 7.91. The van der Waals surface area contributed by atoms with E-state index in [2.05, 4.69) is 20.7 Å². The molecule has 0 unspecified atom stereocenters. The van der Waals surface area contributed by atoms with Crippen molar-refractivity contribution in [2.75, 3.05) is 11.9 Å². The quantitative estimate of drug-likeness (QED) is 0.684. The van der Waals surface area contributed by atoms with E-state index in [0.717, 1.165) is 11.1 Å². The molecule has 8 heteroatoms. The molecule has 0 spiro atoms. The van der Waals surface area contributed by atoms with Crippen molar-refractivity contribution in [3.8, 4) is 5.75 Å². The van der Waals surface area contributed by atoms with Gasteiger partial charge in [0.1, 0.15) is 12.1 Å². The molecule has 0 saturated heterocycles. The van der Waals surface area contributed by atoms with E-state index in [9.17, 15) is 9.59 Å². The number of nitrogens with zero attached hydrogens (tertiary/aromatic N) is 3. The Morgan fingerprint density at radius 2 is 1.96 bits per heavy atom. The maximum Gasteiger partial charge on any atom is 0.258 e. The lowest BCUT2D eigenvalue weighted by atomic mass is 10.0. The molecule has 8 nitrogen and oxygen atoms in total. The van der Waals surface area contributed by atoms with Crippen LogP contribution < -0.4 is 15.4 Å². The van der Waals surface area contributed by atoms with Crippen molar-refractivity contribution in [1.29, 1.82) is 0 Å². The Morgan fingerprint density at radius 3 is 2.75 bits per heavy atom. The van der Waals surface area contributed by atoms with Crippen LogP contribution in [0.4, 0.5) is 5.95 Å². The Hall–Kier alpha value is -3.68. The summed E-state index contributed by atoms with van der Waals surface area (Å²) in [5.74, 6) is 0.736. The molecule has 2 N–H and O–H groups in total. The van der Waals surface area contributed by atoms with Gasteiger partial charge in [0.25, 0.3) is 5.91 Å². The summed E-state index contributed by atoms with van der Waals surface area (Å²) in [5.41, 5.74) is 1.95. The Balaban J connectivity index is 1.33. The second-order valence-electron chi connectivity index (χ2n) is 6.42. The smallest absolute Gasteiger partial charge is 0.258 e. The first-order valence-electron chi connectivity index (χ1n) is 8.92. The fraction of sp³-hybridized carbons (Fsp3) is 0.200. The Labute approximate surface area is 161 Å². The molecule has 2 aromatic carbocycles. The van der Waals surface area contributed by atoms with Gasteiger partial charge < -0.3 is 10.1 Å². The number of carbonyl (C=O) groups is 2. The summed E-state index contributed by atoms with van der Waals surface area (Å²) in [6.07, 6.45) is 1.71. The summed E-state index contributed by atoms with van der Waals surface area (Å²) in [6, 6.07) is 16.8. The number of anilines is 1. The average Bonchev–Trinajstić information content (AvgIpc) is 3.19. The molecule has 2 heterocycles. The van der Waals surface area contributed by atoms with Crippen molar-refractivity contribution < 1.29 is 14.3 Å². The number of hydrogen-bond donors (Lipinski definition) is 2. The van der Waals surface area contributed by atoms with Crippen molar-refractivity contribution >= 4 is 17.8 Å². The second-order valence-corrected chi connectivity index (χ2v) is 6.42. The predicted octanol–water partition coefficient (Wildman–Crippen LogP) is 1.90. The first-order chi connectivity index (χ1) is 13.7. The molecule has 0 saturated carbocycles. The standard InChI is InChI=1S/C20H19N5O3/c26-18-10-17(25-20(24-18)22-13-23-25)15-6-8-16(9-7-15)28-12-19(27)21-11-14-4-2-1-3-5-14/h1-9,13,17H,10-12H2,(H,21,27)(H,22,23,24,26)/t17-/m0/s1. The van der Waals surface area contributed by atoms with Gasteiger partial charge in [0.15, 0.2) is 6.61 Å². The van der Waals surface area contributed by atoms with E-state index in [1.54, 1.807) is 16.8 Å². The number of ether oxygens (including phenoxy) is 1. The number of fused-ring (bicyclic) bond motifs is 1. The highest BCUT2D eigenvalue weighted by Gasteiger charge is 2.27. The molecule has 4 rings (SSSR count). The van der Waals surface area contributed by atoms with E-state index >= 15 is 0 Å². The van der Waals surface area contributed by atoms with E-state index in [1.165, 1.54) is 6.33 Å². The monoisotopic (exact) mass is 377 g/mol. The van der Waals surface area contributed by atoms with Crippen molar-refractivity contribution in [2.24, 2.45) is 0 Å². The van der Waals surface area contributed by atoms with Crippen LogP contribution in [0.1, 0.15) is 23.6 Å². The first-order valence-corrected chi connectivity index (χ1v) is 8.92. The number of nitrogens with one attached hydrogen (secondary N) is 2. The van der Waals surface area contributed by atoms with Gasteiger partial charge in [0.05, 0.1) is 12.5 Å². The minimum Gasteiger partial charge on any atom is -0.484 e. The molecule has 0 aliphatic carbocycles. The lowest BCUT2D eigenvalue weighted by molar-refractivity contribution is -0.123. The fourth-order valence-corrected chi connectivity index (χ4v) is 3.05. The van der Waals surface area contributed by atoms with Crippen molar-refractivity contribution in [1.82, 2.24) is 20.1 Å². The molecule has 28 heavy (non-hydrogen) atoms. The summed E-state index contributed by atoms with van der Waals surface area (Å²) < 4.78 is 7.24. The van der Waals surface area contributed by atoms with Gasteiger partial charge in [0.2, 0.25) is 11.9 Å². The molecule has 0 fully saturated rings. The number of aromatic nitrogens is 3. The third-order valence-corrected chi connectivity index (χ3v) is 4.47. The molecule has 1 aliphatic heterocycles. The third-order valence-electron chi connectivity index (χ3n) is 4.47. The number of carbonyl (C=O) groups excluding carboxylic acids is 2. The van der Waals surface area contributed by atoms with Crippen molar-refractivity contribution in [3.63, 3.8) is 0 Å². The van der Waals surface area contributed by atoms with Crippen LogP contribution in [0.2, 0.25) is 0 Å². The highest BCUT2D eigenvalue weighted by molar-refractivity contribution is 5.91. The van der Waals surface area contributed by atoms with Gasteiger partial charge in [-0.1, -0.05) is 42.5 Å². The molecular weight excluding hydrogens is 358 g/mol. The highest BCUT2D eigenvalue weighted by Crippen LogP contribution is 2.29. The van der Waals surface area contributed by atoms with Crippen LogP contribution in [0.3, 0.4) is 0 Å². The molecule has 142 valence electrons.